The van der Waals surface area contributed by atoms with Crippen LogP contribution in [-0.2, 0) is 30.9 Å². The number of nitrogens with zero attached hydrogens (tertiary/aromatic N) is 1. The van der Waals surface area contributed by atoms with Gasteiger partial charge in [-0.3, -0.25) is 0 Å². The summed E-state index contributed by atoms with van der Waals surface area (Å²) in [4.78, 5) is 0. The molecule has 6 nitrogen and oxygen atoms in total. The van der Waals surface area contributed by atoms with Gasteiger partial charge in [0.1, 0.15) is 0 Å². The lowest BCUT2D eigenvalue weighted by atomic mass is 9.85. The van der Waals surface area contributed by atoms with Gasteiger partial charge in [0.05, 0.1) is 17.6 Å². The topological polar surface area (TPSA) is 50.0 Å². The number of hydrogen-bond acceptors (Lipinski definition) is 5. The van der Waals surface area contributed by atoms with Gasteiger partial charge >= 0.3 is 0 Å². The fourth-order valence-electron chi connectivity index (χ4n) is 5.09. The van der Waals surface area contributed by atoms with Crippen LogP contribution in [-0.4, -0.2) is 13.6 Å². The Balaban J connectivity index is 0.00000217. The largest absolute Gasteiger partial charge is 1.00 e. The van der Waals surface area contributed by atoms with Crippen LogP contribution in [0.15, 0.2) is 60.8 Å². The SMILES string of the molecule is [Cl-].c1ccc(COC[n+]2cc3c4c(ccc3c3c2-c2cc5c(cc2CC3)OCO5)OCO4)cc1. The van der Waals surface area contributed by atoms with Crippen molar-refractivity contribution in [3.05, 3.63) is 77.5 Å². The summed E-state index contributed by atoms with van der Waals surface area (Å²) >= 11 is 0. The van der Waals surface area contributed by atoms with Gasteiger partial charge in [-0.25, -0.2) is 0 Å². The molecular weight excluding hydrogens is 454 g/mol. The average Bonchev–Trinajstić information content (AvgIpc) is 3.52. The molecule has 7 heteroatoms. The number of hydrogen-bond donors (Lipinski definition) is 0. The minimum atomic E-state index is 0. The van der Waals surface area contributed by atoms with Crippen molar-refractivity contribution in [3.8, 4) is 34.3 Å². The van der Waals surface area contributed by atoms with Crippen molar-refractivity contribution in [2.45, 2.75) is 26.2 Å². The highest BCUT2D eigenvalue weighted by molar-refractivity contribution is 5.95. The van der Waals surface area contributed by atoms with Crippen molar-refractivity contribution < 1.29 is 40.7 Å². The first-order chi connectivity index (χ1) is 16.3. The van der Waals surface area contributed by atoms with Crippen molar-refractivity contribution >= 4 is 10.8 Å². The molecule has 4 aromatic rings. The summed E-state index contributed by atoms with van der Waals surface area (Å²) in [7, 11) is 0. The molecule has 3 aliphatic rings. The second kappa shape index (κ2) is 8.38. The number of halogens is 1. The predicted molar refractivity (Wildman–Crippen MR) is 120 cm³/mol. The second-order valence-corrected chi connectivity index (χ2v) is 8.51. The van der Waals surface area contributed by atoms with E-state index in [1.165, 1.54) is 22.1 Å². The highest BCUT2D eigenvalue weighted by atomic mass is 35.5. The number of pyridine rings is 1. The molecule has 0 fully saturated rings. The van der Waals surface area contributed by atoms with Gasteiger partial charge < -0.3 is 36.1 Å². The molecule has 0 radical (unpaired) electrons. The van der Waals surface area contributed by atoms with Gasteiger partial charge in [-0.15, -0.1) is 0 Å². The maximum atomic E-state index is 6.18. The molecule has 0 spiro atoms. The fourth-order valence-corrected chi connectivity index (χ4v) is 5.09. The molecule has 0 amide bonds. The molecule has 1 aliphatic carbocycles. The third-order valence-electron chi connectivity index (χ3n) is 6.60. The van der Waals surface area contributed by atoms with Crippen LogP contribution in [0, 0.1) is 0 Å². The maximum Gasteiger partial charge on any atom is 0.253 e. The van der Waals surface area contributed by atoms with E-state index in [4.69, 9.17) is 23.7 Å². The number of fused-ring (bicyclic) bond motifs is 8. The third kappa shape index (κ3) is 3.33. The molecule has 7 rings (SSSR count). The maximum absolute atomic E-state index is 6.18. The Morgan fingerprint density at radius 3 is 2.47 bits per heavy atom. The van der Waals surface area contributed by atoms with Crippen LogP contribution in [0.5, 0.6) is 23.0 Å². The highest BCUT2D eigenvalue weighted by Gasteiger charge is 2.32. The van der Waals surface area contributed by atoms with E-state index in [1.54, 1.807) is 0 Å². The molecule has 1 aromatic heterocycles. The van der Waals surface area contributed by atoms with Gasteiger partial charge in [0.15, 0.2) is 29.2 Å². The van der Waals surface area contributed by atoms with Crippen LogP contribution in [0.25, 0.3) is 22.0 Å². The summed E-state index contributed by atoms with van der Waals surface area (Å²) in [5.41, 5.74) is 6.04. The first-order valence-electron chi connectivity index (χ1n) is 11.2. The second-order valence-electron chi connectivity index (χ2n) is 8.51. The number of aryl methyl sites for hydroxylation is 2. The van der Waals surface area contributed by atoms with Crippen molar-refractivity contribution in [2.24, 2.45) is 0 Å². The number of rotatable bonds is 4. The smallest absolute Gasteiger partial charge is 0.253 e. The van der Waals surface area contributed by atoms with E-state index in [-0.39, 0.29) is 26.0 Å². The van der Waals surface area contributed by atoms with E-state index in [9.17, 15) is 0 Å². The van der Waals surface area contributed by atoms with Gasteiger partial charge in [-0.1, -0.05) is 30.3 Å². The lowest BCUT2D eigenvalue weighted by molar-refractivity contribution is -0.723. The third-order valence-corrected chi connectivity index (χ3v) is 6.60. The zero-order chi connectivity index (χ0) is 21.8. The molecule has 3 heterocycles. The van der Waals surface area contributed by atoms with Crippen LogP contribution in [0.3, 0.4) is 0 Å². The van der Waals surface area contributed by atoms with E-state index < -0.39 is 0 Å². The summed E-state index contributed by atoms with van der Waals surface area (Å²) in [6.45, 7) is 1.49. The fraction of sp³-hybridized carbons (Fsp3) is 0.222. The quantitative estimate of drug-likeness (QED) is 0.419. The van der Waals surface area contributed by atoms with Gasteiger partial charge in [-0.2, -0.15) is 4.57 Å². The Kier molecular flexibility index (Phi) is 5.20. The Bertz CT molecular complexity index is 1410. The summed E-state index contributed by atoms with van der Waals surface area (Å²) in [5.74, 6) is 3.22. The summed E-state index contributed by atoms with van der Waals surface area (Å²) in [5, 5.41) is 2.24. The normalized spacial score (nSPS) is 14.5. The predicted octanol–water partition coefficient (Wildman–Crippen LogP) is 1.53. The van der Waals surface area contributed by atoms with Gasteiger partial charge in [0.2, 0.25) is 19.3 Å². The molecule has 0 atom stereocenters. The molecule has 0 bridgehead atoms. The molecule has 0 N–H and O–H groups in total. The first kappa shape index (κ1) is 21.1. The molecule has 0 unspecified atom stereocenters. The molecule has 2 aliphatic heterocycles. The highest BCUT2D eigenvalue weighted by Crippen LogP contribution is 2.45. The zero-order valence-corrected chi connectivity index (χ0v) is 19.1. The standard InChI is InChI=1S/C27H22NO5.ClH/c1-2-4-17(5-3-1)13-29-14-28-12-22-19(8-9-23-27(22)33-16-30-23)20-7-6-18-10-24-25(32-15-31-24)11-21(18)26(20)28;/h1-5,8-12H,6-7,13-16H2;1H/q+1;/p-1. The van der Waals surface area contributed by atoms with Gasteiger partial charge in [0, 0.05) is 10.9 Å². The molecule has 34 heavy (non-hydrogen) atoms. The molecule has 3 aromatic carbocycles. The van der Waals surface area contributed by atoms with Crippen molar-refractivity contribution in [1.82, 2.24) is 0 Å². The van der Waals surface area contributed by atoms with Crippen LogP contribution < -0.4 is 35.9 Å². The van der Waals surface area contributed by atoms with Gasteiger partial charge in [-0.05, 0) is 48.2 Å². The van der Waals surface area contributed by atoms with Crippen LogP contribution >= 0.6 is 0 Å². The van der Waals surface area contributed by atoms with Crippen LogP contribution in [0.4, 0.5) is 0 Å². The van der Waals surface area contributed by atoms with Crippen molar-refractivity contribution in [3.63, 3.8) is 0 Å². The van der Waals surface area contributed by atoms with E-state index in [0.29, 0.717) is 13.3 Å². The lowest BCUT2D eigenvalue weighted by Crippen LogP contribution is -3.00. The van der Waals surface area contributed by atoms with Crippen LogP contribution in [0.2, 0.25) is 0 Å². The van der Waals surface area contributed by atoms with E-state index in [2.05, 4.69) is 41.1 Å². The first-order valence-corrected chi connectivity index (χ1v) is 11.2. The monoisotopic (exact) mass is 475 g/mol. The number of benzene rings is 3. The molecule has 172 valence electrons. The minimum absolute atomic E-state index is 0. The Labute approximate surface area is 203 Å². The summed E-state index contributed by atoms with van der Waals surface area (Å²) in [6, 6.07) is 18.6. The number of aromatic nitrogens is 1. The Hall–Kier alpha value is -3.48. The average molecular weight is 476 g/mol. The Morgan fingerprint density at radius 2 is 1.59 bits per heavy atom. The van der Waals surface area contributed by atoms with Gasteiger partial charge in [0.25, 0.3) is 6.73 Å². The van der Waals surface area contributed by atoms with E-state index in [1.807, 2.05) is 24.3 Å². The number of ether oxygens (including phenoxy) is 5. The lowest BCUT2D eigenvalue weighted by Gasteiger charge is -2.20. The molecule has 0 saturated heterocycles. The summed E-state index contributed by atoms with van der Waals surface area (Å²) in [6.07, 6.45) is 4.00. The zero-order valence-electron chi connectivity index (χ0n) is 18.4. The van der Waals surface area contributed by atoms with Crippen molar-refractivity contribution in [1.29, 1.82) is 0 Å². The molecule has 0 saturated carbocycles. The molecular formula is C27H22ClNO5. The minimum Gasteiger partial charge on any atom is -1.00 e. The van der Waals surface area contributed by atoms with E-state index >= 15 is 0 Å². The summed E-state index contributed by atoms with van der Waals surface area (Å²) < 4.78 is 31.2. The van der Waals surface area contributed by atoms with Crippen molar-refractivity contribution in [2.75, 3.05) is 13.6 Å². The Morgan fingerprint density at radius 1 is 0.794 bits per heavy atom. The van der Waals surface area contributed by atoms with Crippen LogP contribution in [0.1, 0.15) is 16.7 Å². The van der Waals surface area contributed by atoms with E-state index in [0.717, 1.165) is 52.5 Å².